The molecule has 0 radical (unpaired) electrons. The highest BCUT2D eigenvalue weighted by atomic mass is 16.4. The molecule has 1 aliphatic carbocycles. The van der Waals surface area contributed by atoms with Crippen LogP contribution in [-0.4, -0.2) is 48.2 Å². The number of likely N-dealkylation sites (N-methyl/N-ethyl adjacent to an activating group) is 2. The zero-order chi connectivity index (χ0) is 13.1. The third kappa shape index (κ3) is 3.42. The standard InChI is InChI=1S/C13H26N2O2/c1-10-7-5-6-8-11(10)15(4)9-13(2,14-3)12(16)17/h10-11,14H,5-9H2,1-4H3,(H,16,17). The van der Waals surface area contributed by atoms with E-state index in [1.54, 1.807) is 14.0 Å². The number of nitrogens with zero attached hydrogens (tertiary/aromatic N) is 1. The van der Waals surface area contributed by atoms with Crippen molar-refractivity contribution in [1.82, 2.24) is 10.2 Å². The number of carboxylic acids is 1. The number of nitrogens with one attached hydrogen (secondary N) is 1. The largest absolute Gasteiger partial charge is 0.480 e. The SMILES string of the molecule is CNC(C)(CN(C)C1CCCCC1C)C(=O)O. The highest BCUT2D eigenvalue weighted by Gasteiger charge is 2.35. The minimum Gasteiger partial charge on any atom is -0.480 e. The summed E-state index contributed by atoms with van der Waals surface area (Å²) in [5.41, 5.74) is -0.855. The second-order valence-corrected chi connectivity index (χ2v) is 5.63. The van der Waals surface area contributed by atoms with Gasteiger partial charge in [0.25, 0.3) is 0 Å². The van der Waals surface area contributed by atoms with E-state index >= 15 is 0 Å². The Morgan fingerprint density at radius 1 is 1.47 bits per heavy atom. The molecule has 1 saturated carbocycles. The van der Waals surface area contributed by atoms with Crippen molar-refractivity contribution in [2.45, 2.75) is 51.1 Å². The molecule has 100 valence electrons. The van der Waals surface area contributed by atoms with Gasteiger partial charge < -0.3 is 15.3 Å². The lowest BCUT2D eigenvalue weighted by molar-refractivity contribution is -0.145. The van der Waals surface area contributed by atoms with Crippen molar-refractivity contribution in [3.63, 3.8) is 0 Å². The topological polar surface area (TPSA) is 52.6 Å². The predicted octanol–water partition coefficient (Wildman–Crippen LogP) is 1.56. The third-order valence-corrected chi connectivity index (χ3v) is 4.22. The fourth-order valence-electron chi connectivity index (χ4n) is 2.82. The number of carboxylic acid groups (broad SMARTS) is 1. The van der Waals surface area contributed by atoms with Crippen molar-refractivity contribution >= 4 is 5.97 Å². The number of aliphatic carboxylic acids is 1. The van der Waals surface area contributed by atoms with Crippen molar-refractivity contribution < 1.29 is 9.90 Å². The van der Waals surface area contributed by atoms with E-state index in [4.69, 9.17) is 0 Å². The number of hydrogen-bond acceptors (Lipinski definition) is 3. The maximum Gasteiger partial charge on any atom is 0.324 e. The molecule has 0 heterocycles. The van der Waals surface area contributed by atoms with Gasteiger partial charge in [0.05, 0.1) is 0 Å². The molecule has 0 saturated heterocycles. The van der Waals surface area contributed by atoms with E-state index in [0.29, 0.717) is 18.5 Å². The summed E-state index contributed by atoms with van der Waals surface area (Å²) in [6, 6.07) is 0.524. The van der Waals surface area contributed by atoms with Crippen molar-refractivity contribution in [2.75, 3.05) is 20.6 Å². The van der Waals surface area contributed by atoms with Crippen molar-refractivity contribution in [3.8, 4) is 0 Å². The van der Waals surface area contributed by atoms with E-state index in [-0.39, 0.29) is 0 Å². The third-order valence-electron chi connectivity index (χ3n) is 4.22. The molecule has 1 aliphatic rings. The van der Waals surface area contributed by atoms with Crippen LogP contribution in [0, 0.1) is 5.92 Å². The quantitative estimate of drug-likeness (QED) is 0.768. The summed E-state index contributed by atoms with van der Waals surface area (Å²) in [5, 5.41) is 12.2. The van der Waals surface area contributed by atoms with Crippen LogP contribution in [0.25, 0.3) is 0 Å². The Morgan fingerprint density at radius 2 is 2.06 bits per heavy atom. The number of rotatable bonds is 5. The molecule has 0 aliphatic heterocycles. The first kappa shape index (κ1) is 14.5. The van der Waals surface area contributed by atoms with Gasteiger partial charge >= 0.3 is 5.97 Å². The minimum absolute atomic E-state index is 0.524. The van der Waals surface area contributed by atoms with E-state index < -0.39 is 11.5 Å². The normalized spacial score (nSPS) is 29.0. The van der Waals surface area contributed by atoms with Crippen molar-refractivity contribution in [1.29, 1.82) is 0 Å². The van der Waals surface area contributed by atoms with Gasteiger partial charge in [-0.15, -0.1) is 0 Å². The Balaban J connectivity index is 2.63. The molecule has 17 heavy (non-hydrogen) atoms. The fourth-order valence-corrected chi connectivity index (χ4v) is 2.82. The van der Waals surface area contributed by atoms with Gasteiger partial charge in [-0.3, -0.25) is 4.79 Å². The molecule has 0 amide bonds. The van der Waals surface area contributed by atoms with Gasteiger partial charge in [0, 0.05) is 12.6 Å². The zero-order valence-electron chi connectivity index (χ0n) is 11.5. The van der Waals surface area contributed by atoms with Crippen LogP contribution in [0.3, 0.4) is 0 Å². The molecule has 1 rings (SSSR count). The highest BCUT2D eigenvalue weighted by molar-refractivity contribution is 5.78. The summed E-state index contributed by atoms with van der Waals surface area (Å²) < 4.78 is 0. The van der Waals surface area contributed by atoms with Gasteiger partial charge in [-0.05, 0) is 39.8 Å². The molecular formula is C13H26N2O2. The minimum atomic E-state index is -0.855. The Bertz CT molecular complexity index is 270. The molecule has 0 bridgehead atoms. The molecule has 0 spiro atoms. The lowest BCUT2D eigenvalue weighted by atomic mass is 9.84. The van der Waals surface area contributed by atoms with Crippen LogP contribution < -0.4 is 5.32 Å². The Hall–Kier alpha value is -0.610. The summed E-state index contributed by atoms with van der Waals surface area (Å²) >= 11 is 0. The molecule has 0 aromatic heterocycles. The average Bonchev–Trinajstić information content (AvgIpc) is 2.29. The summed E-state index contributed by atoms with van der Waals surface area (Å²) in [6.07, 6.45) is 5.03. The first-order valence-electron chi connectivity index (χ1n) is 6.53. The molecule has 3 unspecified atom stereocenters. The smallest absolute Gasteiger partial charge is 0.324 e. The molecule has 4 heteroatoms. The molecule has 0 aromatic rings. The molecule has 4 nitrogen and oxygen atoms in total. The van der Waals surface area contributed by atoms with Gasteiger partial charge in [-0.1, -0.05) is 19.8 Å². The summed E-state index contributed by atoms with van der Waals surface area (Å²) in [5.74, 6) is -0.112. The highest BCUT2D eigenvalue weighted by Crippen LogP contribution is 2.28. The van der Waals surface area contributed by atoms with E-state index in [0.717, 1.165) is 0 Å². The van der Waals surface area contributed by atoms with Crippen LogP contribution in [0.2, 0.25) is 0 Å². The fraction of sp³-hybridized carbons (Fsp3) is 0.923. The second kappa shape index (κ2) is 5.83. The number of hydrogen-bond donors (Lipinski definition) is 2. The predicted molar refractivity (Wildman–Crippen MR) is 69.2 cm³/mol. The van der Waals surface area contributed by atoms with Crippen molar-refractivity contribution in [3.05, 3.63) is 0 Å². The Labute approximate surface area is 104 Å². The van der Waals surface area contributed by atoms with Gasteiger partial charge in [0.1, 0.15) is 5.54 Å². The molecule has 3 atom stereocenters. The van der Waals surface area contributed by atoms with Crippen LogP contribution in [0.5, 0.6) is 0 Å². The van der Waals surface area contributed by atoms with E-state index in [1.807, 2.05) is 7.05 Å². The summed E-state index contributed by atoms with van der Waals surface area (Å²) in [7, 11) is 3.76. The van der Waals surface area contributed by atoms with Gasteiger partial charge in [0.15, 0.2) is 0 Å². The molecule has 1 fully saturated rings. The molecule has 2 N–H and O–H groups in total. The Kier molecular flexibility index (Phi) is 4.95. The van der Waals surface area contributed by atoms with Gasteiger partial charge in [0.2, 0.25) is 0 Å². The van der Waals surface area contributed by atoms with Crippen LogP contribution >= 0.6 is 0 Å². The van der Waals surface area contributed by atoms with Gasteiger partial charge in [-0.25, -0.2) is 0 Å². The first-order chi connectivity index (χ1) is 7.90. The van der Waals surface area contributed by atoms with Crippen LogP contribution in [0.4, 0.5) is 0 Å². The Morgan fingerprint density at radius 3 is 2.53 bits per heavy atom. The lowest BCUT2D eigenvalue weighted by Crippen LogP contribution is -2.57. The zero-order valence-corrected chi connectivity index (χ0v) is 11.5. The second-order valence-electron chi connectivity index (χ2n) is 5.63. The monoisotopic (exact) mass is 242 g/mol. The first-order valence-corrected chi connectivity index (χ1v) is 6.53. The molecular weight excluding hydrogens is 216 g/mol. The van der Waals surface area contributed by atoms with E-state index in [2.05, 4.69) is 17.1 Å². The van der Waals surface area contributed by atoms with E-state index in [9.17, 15) is 9.90 Å². The number of carbonyl (C=O) groups is 1. The van der Waals surface area contributed by atoms with Crippen molar-refractivity contribution in [2.24, 2.45) is 5.92 Å². The maximum absolute atomic E-state index is 11.3. The molecule has 0 aromatic carbocycles. The van der Waals surface area contributed by atoms with Crippen LogP contribution in [0.15, 0.2) is 0 Å². The maximum atomic E-state index is 11.3. The lowest BCUT2D eigenvalue weighted by Gasteiger charge is -2.39. The van der Waals surface area contributed by atoms with Gasteiger partial charge in [-0.2, -0.15) is 0 Å². The average molecular weight is 242 g/mol. The van der Waals surface area contributed by atoms with Crippen LogP contribution in [-0.2, 0) is 4.79 Å². The summed E-state index contributed by atoms with van der Waals surface area (Å²) in [4.78, 5) is 13.5. The van der Waals surface area contributed by atoms with E-state index in [1.165, 1.54) is 25.7 Å². The van der Waals surface area contributed by atoms with Crippen LogP contribution in [0.1, 0.15) is 39.5 Å². The summed E-state index contributed by atoms with van der Waals surface area (Å²) in [6.45, 7) is 4.57.